The zero-order chi connectivity index (χ0) is 21.5. The van der Waals surface area contributed by atoms with Crippen LogP contribution in [0.3, 0.4) is 0 Å². The van der Waals surface area contributed by atoms with Gasteiger partial charge >= 0.3 is 0 Å². The first-order valence-corrected chi connectivity index (χ1v) is 10.3. The molecule has 0 aromatic heterocycles. The van der Waals surface area contributed by atoms with Crippen LogP contribution in [0.15, 0.2) is 76.8 Å². The van der Waals surface area contributed by atoms with E-state index < -0.39 is 5.91 Å². The second kappa shape index (κ2) is 10.3. The molecule has 3 aromatic carbocycles. The molecule has 0 unspecified atom stereocenters. The number of carbonyl (C=O) groups excluding carboxylic acids is 1. The van der Waals surface area contributed by atoms with E-state index >= 15 is 0 Å². The van der Waals surface area contributed by atoms with Gasteiger partial charge in [-0.2, -0.15) is 5.26 Å². The number of amides is 1. The van der Waals surface area contributed by atoms with E-state index in [1.807, 2.05) is 36.4 Å². The molecule has 3 aromatic rings. The Hall–Kier alpha value is -2.78. The molecule has 1 amide bonds. The van der Waals surface area contributed by atoms with Crippen molar-refractivity contribution in [2.75, 3.05) is 5.32 Å². The van der Waals surface area contributed by atoms with Crippen LogP contribution in [0.5, 0.6) is 5.75 Å². The van der Waals surface area contributed by atoms with Crippen LogP contribution in [0, 0.1) is 11.3 Å². The second-order valence-corrected chi connectivity index (χ2v) is 8.00. The van der Waals surface area contributed by atoms with Gasteiger partial charge in [0.2, 0.25) is 0 Å². The van der Waals surface area contributed by atoms with E-state index in [4.69, 9.17) is 27.9 Å². The van der Waals surface area contributed by atoms with Crippen molar-refractivity contribution in [3.63, 3.8) is 0 Å². The summed E-state index contributed by atoms with van der Waals surface area (Å²) in [6.45, 7) is 0.402. The van der Waals surface area contributed by atoms with Crippen molar-refractivity contribution in [1.82, 2.24) is 0 Å². The minimum Gasteiger partial charge on any atom is -0.489 e. The Bertz CT molecular complexity index is 1140. The lowest BCUT2D eigenvalue weighted by Gasteiger charge is -2.08. The van der Waals surface area contributed by atoms with E-state index in [9.17, 15) is 10.1 Å². The summed E-state index contributed by atoms with van der Waals surface area (Å²) in [5.41, 5.74) is 1.94. The van der Waals surface area contributed by atoms with Crippen LogP contribution in [0.1, 0.15) is 11.1 Å². The third-order valence-electron chi connectivity index (χ3n) is 4.03. The Kier molecular flexibility index (Phi) is 7.53. The highest BCUT2D eigenvalue weighted by atomic mass is 79.9. The number of hydrogen-bond donors (Lipinski definition) is 1. The van der Waals surface area contributed by atoms with Crippen molar-refractivity contribution in [3.05, 3.63) is 97.9 Å². The smallest absolute Gasteiger partial charge is 0.266 e. The Morgan fingerprint density at radius 1 is 1.10 bits per heavy atom. The van der Waals surface area contributed by atoms with Gasteiger partial charge in [-0.05, 0) is 59.7 Å². The van der Waals surface area contributed by atoms with Crippen molar-refractivity contribution < 1.29 is 9.53 Å². The first kappa shape index (κ1) is 21.9. The third-order valence-corrected chi connectivity index (χ3v) is 5.12. The fourth-order valence-corrected chi connectivity index (χ4v) is 3.14. The minimum atomic E-state index is -0.581. The van der Waals surface area contributed by atoms with Crippen molar-refractivity contribution in [1.29, 1.82) is 5.26 Å². The predicted molar refractivity (Wildman–Crippen MR) is 124 cm³/mol. The monoisotopic (exact) mass is 500 g/mol. The first-order valence-electron chi connectivity index (χ1n) is 8.80. The quantitative estimate of drug-likeness (QED) is 0.295. The number of halogens is 3. The number of benzene rings is 3. The van der Waals surface area contributed by atoms with E-state index in [1.165, 1.54) is 12.1 Å². The van der Waals surface area contributed by atoms with Crippen LogP contribution in [-0.2, 0) is 11.4 Å². The van der Waals surface area contributed by atoms with Crippen LogP contribution >= 0.6 is 39.1 Å². The summed E-state index contributed by atoms with van der Waals surface area (Å²) in [5.74, 6) is 0.0464. The van der Waals surface area contributed by atoms with Gasteiger partial charge < -0.3 is 10.1 Å². The summed E-state index contributed by atoms with van der Waals surface area (Å²) in [6.07, 6.45) is 1.49. The lowest BCUT2D eigenvalue weighted by Crippen LogP contribution is -2.13. The minimum absolute atomic E-state index is 0.0731. The molecule has 0 heterocycles. The van der Waals surface area contributed by atoms with Gasteiger partial charge in [-0.15, -0.1) is 0 Å². The molecule has 0 radical (unpaired) electrons. The van der Waals surface area contributed by atoms with E-state index in [0.717, 1.165) is 10.0 Å². The molecule has 0 bridgehead atoms. The number of nitrogens with one attached hydrogen (secondary N) is 1. The number of rotatable bonds is 6. The predicted octanol–water partition coefficient (Wildman–Crippen LogP) is 6.88. The van der Waals surface area contributed by atoms with E-state index in [-0.39, 0.29) is 5.57 Å². The van der Waals surface area contributed by atoms with Crippen LogP contribution < -0.4 is 10.1 Å². The van der Waals surface area contributed by atoms with Crippen LogP contribution in [0.4, 0.5) is 5.69 Å². The summed E-state index contributed by atoms with van der Waals surface area (Å²) < 4.78 is 6.81. The maximum absolute atomic E-state index is 12.5. The normalized spacial score (nSPS) is 10.9. The molecule has 1 N–H and O–H groups in total. The van der Waals surface area contributed by atoms with Gasteiger partial charge in [0, 0.05) is 9.50 Å². The molecule has 0 aliphatic heterocycles. The van der Waals surface area contributed by atoms with Crippen molar-refractivity contribution in [3.8, 4) is 11.8 Å². The molecule has 0 saturated carbocycles. The molecule has 0 spiro atoms. The molecular formula is C23H15BrCl2N2O2. The lowest BCUT2D eigenvalue weighted by atomic mass is 10.1. The van der Waals surface area contributed by atoms with Gasteiger partial charge in [-0.25, -0.2) is 0 Å². The molecule has 3 rings (SSSR count). The second-order valence-electron chi connectivity index (χ2n) is 6.24. The van der Waals surface area contributed by atoms with Crippen LogP contribution in [0.2, 0.25) is 10.0 Å². The van der Waals surface area contributed by atoms with Crippen molar-refractivity contribution >= 4 is 56.8 Å². The van der Waals surface area contributed by atoms with Crippen molar-refractivity contribution in [2.45, 2.75) is 6.61 Å². The van der Waals surface area contributed by atoms with Gasteiger partial charge in [0.25, 0.3) is 5.91 Å². The maximum atomic E-state index is 12.5. The number of nitrogens with zero attached hydrogens (tertiary/aromatic N) is 1. The summed E-state index contributed by atoms with van der Waals surface area (Å²) >= 11 is 15.4. The fourth-order valence-electron chi connectivity index (χ4n) is 2.54. The number of ether oxygens (including phenoxy) is 1. The van der Waals surface area contributed by atoms with Crippen molar-refractivity contribution in [2.24, 2.45) is 0 Å². The molecule has 0 aliphatic rings. The topological polar surface area (TPSA) is 62.1 Å². The number of carbonyl (C=O) groups is 1. The molecule has 4 nitrogen and oxygen atoms in total. The first-order chi connectivity index (χ1) is 14.4. The summed E-state index contributed by atoms with van der Waals surface area (Å²) in [4.78, 5) is 12.5. The molecule has 7 heteroatoms. The molecular weight excluding hydrogens is 487 g/mol. The number of hydrogen-bond acceptors (Lipinski definition) is 3. The molecule has 0 fully saturated rings. The fraction of sp³-hybridized carbons (Fsp3) is 0.0435. The third kappa shape index (κ3) is 6.11. The SMILES string of the molecule is N#C/C(=C\c1cccc(OCc2ccc(Br)cc2)c1)C(=O)Nc1cc(Cl)ccc1Cl. The Morgan fingerprint density at radius 2 is 1.87 bits per heavy atom. The zero-order valence-electron chi connectivity index (χ0n) is 15.5. The maximum Gasteiger partial charge on any atom is 0.266 e. The van der Waals surface area contributed by atoms with Gasteiger partial charge in [-0.1, -0.05) is 63.4 Å². The van der Waals surface area contributed by atoms with Crippen LogP contribution in [0.25, 0.3) is 6.08 Å². The Labute approximate surface area is 192 Å². The van der Waals surface area contributed by atoms with E-state index in [0.29, 0.717) is 33.7 Å². The standard InChI is InChI=1S/C23H15BrCl2N2O2/c24-18-6-4-15(5-7-18)14-30-20-3-1-2-16(11-20)10-17(13-27)23(29)28-22-12-19(25)8-9-21(22)26/h1-12H,14H2,(H,28,29)/b17-10+. The Morgan fingerprint density at radius 3 is 2.60 bits per heavy atom. The molecule has 0 saturated heterocycles. The Balaban J connectivity index is 1.73. The average Bonchev–Trinajstić information content (AvgIpc) is 2.74. The highest BCUT2D eigenvalue weighted by Crippen LogP contribution is 2.26. The summed E-state index contributed by atoms with van der Waals surface area (Å²) in [7, 11) is 0. The summed E-state index contributed by atoms with van der Waals surface area (Å²) in [5, 5.41) is 12.8. The molecule has 30 heavy (non-hydrogen) atoms. The van der Waals surface area contributed by atoms with E-state index in [2.05, 4.69) is 21.2 Å². The molecule has 0 aliphatic carbocycles. The molecule has 0 atom stereocenters. The highest BCUT2D eigenvalue weighted by Gasteiger charge is 2.12. The average molecular weight is 502 g/mol. The number of nitriles is 1. The lowest BCUT2D eigenvalue weighted by molar-refractivity contribution is -0.112. The molecule has 150 valence electrons. The van der Waals surface area contributed by atoms with Crippen LogP contribution in [-0.4, -0.2) is 5.91 Å². The highest BCUT2D eigenvalue weighted by molar-refractivity contribution is 9.10. The van der Waals surface area contributed by atoms with Gasteiger partial charge in [-0.3, -0.25) is 4.79 Å². The van der Waals surface area contributed by atoms with E-state index in [1.54, 1.807) is 30.3 Å². The zero-order valence-corrected chi connectivity index (χ0v) is 18.6. The largest absolute Gasteiger partial charge is 0.489 e. The van der Waals surface area contributed by atoms with Gasteiger partial charge in [0.15, 0.2) is 0 Å². The van der Waals surface area contributed by atoms with Gasteiger partial charge in [0.1, 0.15) is 24.0 Å². The summed E-state index contributed by atoms with van der Waals surface area (Å²) in [6, 6.07) is 21.6. The van der Waals surface area contributed by atoms with Gasteiger partial charge in [0.05, 0.1) is 10.7 Å². The number of anilines is 1.